The Balaban J connectivity index is 3.12. The van der Waals surface area contributed by atoms with Crippen molar-refractivity contribution in [3.05, 3.63) is 24.0 Å². The summed E-state index contributed by atoms with van der Waals surface area (Å²) in [6.45, 7) is 6.63. The average molecular weight is 178 g/mol. The third-order valence-electron chi connectivity index (χ3n) is 2.60. The van der Waals surface area contributed by atoms with Gasteiger partial charge in [-0.3, -0.25) is 4.98 Å². The second-order valence-electron chi connectivity index (χ2n) is 3.89. The molecule has 13 heavy (non-hydrogen) atoms. The van der Waals surface area contributed by atoms with Crippen LogP contribution < -0.4 is 5.32 Å². The molecule has 2 nitrogen and oxygen atoms in total. The molecule has 0 aliphatic heterocycles. The van der Waals surface area contributed by atoms with Crippen molar-refractivity contribution >= 4 is 5.69 Å². The van der Waals surface area contributed by atoms with Crippen molar-refractivity contribution in [2.45, 2.75) is 32.6 Å². The zero-order chi connectivity index (χ0) is 9.90. The third-order valence-corrected chi connectivity index (χ3v) is 2.60. The quantitative estimate of drug-likeness (QED) is 0.769. The molecule has 0 amide bonds. The lowest BCUT2D eigenvalue weighted by Crippen LogP contribution is -2.19. The van der Waals surface area contributed by atoms with Crippen LogP contribution in [0, 0.1) is 0 Å². The van der Waals surface area contributed by atoms with Gasteiger partial charge in [0.25, 0.3) is 0 Å². The van der Waals surface area contributed by atoms with Gasteiger partial charge in [0.15, 0.2) is 0 Å². The number of pyridine rings is 1. The Morgan fingerprint density at radius 3 is 2.69 bits per heavy atom. The van der Waals surface area contributed by atoms with Gasteiger partial charge in [-0.25, -0.2) is 0 Å². The van der Waals surface area contributed by atoms with E-state index in [4.69, 9.17) is 0 Å². The minimum atomic E-state index is 0.152. The van der Waals surface area contributed by atoms with Crippen LogP contribution in [0.4, 0.5) is 5.69 Å². The normalized spacial score (nSPS) is 11.4. The van der Waals surface area contributed by atoms with Gasteiger partial charge in [-0.2, -0.15) is 0 Å². The fourth-order valence-corrected chi connectivity index (χ4v) is 1.31. The molecular formula is C11H18N2. The Hall–Kier alpha value is -1.05. The Labute approximate surface area is 80.4 Å². The van der Waals surface area contributed by atoms with Crippen molar-refractivity contribution < 1.29 is 0 Å². The molecule has 0 unspecified atom stereocenters. The highest BCUT2D eigenvalue weighted by Gasteiger charge is 2.22. The number of hydrogen-bond donors (Lipinski definition) is 1. The van der Waals surface area contributed by atoms with Crippen molar-refractivity contribution in [1.82, 2.24) is 4.98 Å². The number of aromatic nitrogens is 1. The third kappa shape index (κ3) is 2.00. The number of anilines is 1. The number of rotatable bonds is 3. The van der Waals surface area contributed by atoms with E-state index in [1.165, 1.54) is 0 Å². The van der Waals surface area contributed by atoms with E-state index in [-0.39, 0.29) is 5.41 Å². The zero-order valence-corrected chi connectivity index (χ0v) is 8.89. The van der Waals surface area contributed by atoms with Crippen LogP contribution in [0.1, 0.15) is 32.9 Å². The average Bonchev–Trinajstić information content (AvgIpc) is 2.18. The fraction of sp³-hybridized carbons (Fsp3) is 0.545. The van der Waals surface area contributed by atoms with Gasteiger partial charge < -0.3 is 5.32 Å². The van der Waals surface area contributed by atoms with Gasteiger partial charge in [0.2, 0.25) is 0 Å². The van der Waals surface area contributed by atoms with Gasteiger partial charge in [-0.05, 0) is 18.6 Å². The van der Waals surface area contributed by atoms with Gasteiger partial charge in [-0.15, -0.1) is 0 Å². The topological polar surface area (TPSA) is 24.9 Å². The van der Waals surface area contributed by atoms with Crippen LogP contribution in [-0.2, 0) is 5.41 Å². The maximum Gasteiger partial charge on any atom is 0.0690 e. The Kier molecular flexibility index (Phi) is 2.91. The van der Waals surface area contributed by atoms with Crippen LogP contribution in [0.25, 0.3) is 0 Å². The zero-order valence-electron chi connectivity index (χ0n) is 8.89. The summed E-state index contributed by atoms with van der Waals surface area (Å²) in [5, 5.41) is 3.17. The number of hydrogen-bond acceptors (Lipinski definition) is 2. The van der Waals surface area contributed by atoms with Gasteiger partial charge >= 0.3 is 0 Å². The Bertz CT molecular complexity index is 279. The van der Waals surface area contributed by atoms with E-state index in [0.29, 0.717) is 0 Å². The summed E-state index contributed by atoms with van der Waals surface area (Å²) >= 11 is 0. The molecule has 0 bridgehead atoms. The lowest BCUT2D eigenvalue weighted by atomic mass is 9.85. The largest absolute Gasteiger partial charge is 0.387 e. The van der Waals surface area contributed by atoms with Crippen LogP contribution in [0.15, 0.2) is 18.3 Å². The highest BCUT2D eigenvalue weighted by atomic mass is 14.9. The molecule has 1 N–H and O–H groups in total. The Morgan fingerprint density at radius 1 is 1.46 bits per heavy atom. The summed E-state index contributed by atoms with van der Waals surface area (Å²) in [5.41, 5.74) is 2.44. The van der Waals surface area contributed by atoms with E-state index in [1.807, 2.05) is 19.3 Å². The molecule has 0 saturated carbocycles. The molecule has 0 aliphatic rings. The van der Waals surface area contributed by atoms with Crippen molar-refractivity contribution in [2.24, 2.45) is 0 Å². The molecule has 0 aliphatic carbocycles. The van der Waals surface area contributed by atoms with Crippen LogP contribution in [0.2, 0.25) is 0 Å². The van der Waals surface area contributed by atoms with Gasteiger partial charge in [-0.1, -0.05) is 20.8 Å². The molecule has 72 valence electrons. The van der Waals surface area contributed by atoms with Crippen molar-refractivity contribution in [2.75, 3.05) is 12.4 Å². The summed E-state index contributed by atoms with van der Waals surface area (Å²) in [6, 6.07) is 4.03. The van der Waals surface area contributed by atoms with Crippen molar-refractivity contribution in [3.8, 4) is 0 Å². The molecular weight excluding hydrogens is 160 g/mol. The van der Waals surface area contributed by atoms with E-state index < -0.39 is 0 Å². The molecule has 1 heterocycles. The SMILES string of the molecule is CCC(C)(C)c1ncccc1NC. The van der Waals surface area contributed by atoms with Crippen LogP contribution in [0.5, 0.6) is 0 Å². The molecule has 0 fully saturated rings. The van der Waals surface area contributed by atoms with Crippen molar-refractivity contribution in [3.63, 3.8) is 0 Å². The van der Waals surface area contributed by atoms with Gasteiger partial charge in [0, 0.05) is 18.7 Å². The van der Waals surface area contributed by atoms with Crippen molar-refractivity contribution in [1.29, 1.82) is 0 Å². The maximum absolute atomic E-state index is 4.43. The van der Waals surface area contributed by atoms with Crippen LogP contribution >= 0.6 is 0 Å². The monoisotopic (exact) mass is 178 g/mol. The molecule has 0 atom stereocenters. The minimum absolute atomic E-state index is 0.152. The number of nitrogens with one attached hydrogen (secondary N) is 1. The standard InChI is InChI=1S/C11H18N2/c1-5-11(2,3)10-9(12-4)7-6-8-13-10/h6-8,12H,5H2,1-4H3. The first-order chi connectivity index (χ1) is 6.11. The lowest BCUT2D eigenvalue weighted by Gasteiger charge is -2.24. The molecule has 0 spiro atoms. The summed E-state index contributed by atoms with van der Waals surface area (Å²) in [7, 11) is 1.94. The molecule has 0 saturated heterocycles. The molecule has 0 aromatic carbocycles. The maximum atomic E-state index is 4.43. The minimum Gasteiger partial charge on any atom is -0.387 e. The summed E-state index contributed by atoms with van der Waals surface area (Å²) in [6.07, 6.45) is 2.95. The predicted molar refractivity (Wildman–Crippen MR) is 57.1 cm³/mol. The lowest BCUT2D eigenvalue weighted by molar-refractivity contribution is 0.492. The van der Waals surface area contributed by atoms with E-state index >= 15 is 0 Å². The summed E-state index contributed by atoms with van der Waals surface area (Å²) < 4.78 is 0. The molecule has 1 aromatic rings. The second-order valence-corrected chi connectivity index (χ2v) is 3.89. The first-order valence-electron chi connectivity index (χ1n) is 4.75. The Morgan fingerprint density at radius 2 is 2.15 bits per heavy atom. The van der Waals surface area contributed by atoms with Crippen LogP contribution in [0.3, 0.4) is 0 Å². The van der Waals surface area contributed by atoms with E-state index in [1.54, 1.807) is 0 Å². The first kappa shape index (κ1) is 10.0. The van der Waals surface area contributed by atoms with Gasteiger partial charge in [0.05, 0.1) is 11.4 Å². The summed E-state index contributed by atoms with van der Waals surface area (Å²) in [4.78, 5) is 4.43. The van der Waals surface area contributed by atoms with E-state index in [0.717, 1.165) is 17.8 Å². The molecule has 0 radical (unpaired) electrons. The van der Waals surface area contributed by atoms with E-state index in [9.17, 15) is 0 Å². The summed E-state index contributed by atoms with van der Waals surface area (Å²) in [5.74, 6) is 0. The van der Waals surface area contributed by atoms with Gasteiger partial charge in [0.1, 0.15) is 0 Å². The molecule has 1 aromatic heterocycles. The molecule has 2 heteroatoms. The highest BCUT2D eigenvalue weighted by Crippen LogP contribution is 2.29. The number of nitrogens with zero attached hydrogens (tertiary/aromatic N) is 1. The molecule has 1 rings (SSSR count). The fourth-order valence-electron chi connectivity index (χ4n) is 1.31. The highest BCUT2D eigenvalue weighted by molar-refractivity contribution is 5.49. The predicted octanol–water partition coefficient (Wildman–Crippen LogP) is 2.81. The van der Waals surface area contributed by atoms with E-state index in [2.05, 4.69) is 37.1 Å². The first-order valence-corrected chi connectivity index (χ1v) is 4.75. The second kappa shape index (κ2) is 3.77. The van der Waals surface area contributed by atoms with Crippen LogP contribution in [-0.4, -0.2) is 12.0 Å². The smallest absolute Gasteiger partial charge is 0.0690 e.